The predicted octanol–water partition coefficient (Wildman–Crippen LogP) is 4.35. The predicted molar refractivity (Wildman–Crippen MR) is 99.5 cm³/mol. The van der Waals surface area contributed by atoms with Crippen molar-refractivity contribution in [2.24, 2.45) is 0 Å². The van der Waals surface area contributed by atoms with Crippen LogP contribution in [0.15, 0.2) is 47.4 Å². The Morgan fingerprint density at radius 1 is 1.12 bits per heavy atom. The highest BCUT2D eigenvalue weighted by atomic mass is 35.5. The minimum absolute atomic E-state index is 0.0117. The van der Waals surface area contributed by atoms with Crippen LogP contribution in [-0.4, -0.2) is 26.8 Å². The van der Waals surface area contributed by atoms with E-state index in [0.29, 0.717) is 12.4 Å². The lowest BCUT2D eigenvalue weighted by molar-refractivity contribution is -0.110. The number of nitrogens with zero attached hydrogens (tertiary/aromatic N) is 1. The third kappa shape index (κ3) is 4.79. The van der Waals surface area contributed by atoms with Gasteiger partial charge in [0.1, 0.15) is 17.2 Å². The number of rotatable bonds is 7. The van der Waals surface area contributed by atoms with Crippen molar-refractivity contribution in [3.05, 3.63) is 52.5 Å². The lowest BCUT2D eigenvalue weighted by Crippen LogP contribution is -2.34. The summed E-state index contributed by atoms with van der Waals surface area (Å²) in [6.07, 6.45) is 0. The molecule has 0 heterocycles. The van der Waals surface area contributed by atoms with Gasteiger partial charge in [0, 0.05) is 5.02 Å². The van der Waals surface area contributed by atoms with E-state index in [1.807, 2.05) is 6.92 Å². The number of ether oxygens (including phenoxy) is 1. The number of carbonyl (C=O) groups excluding carboxylic acids is 1. The molecule has 5 nitrogen and oxygen atoms in total. The van der Waals surface area contributed by atoms with Crippen LogP contribution in [-0.2, 0) is 14.8 Å². The van der Waals surface area contributed by atoms with E-state index < -0.39 is 21.8 Å². The van der Waals surface area contributed by atoms with Gasteiger partial charge in [-0.3, -0.25) is 9.10 Å². The average Bonchev–Trinajstić information content (AvgIpc) is 2.55. The summed E-state index contributed by atoms with van der Waals surface area (Å²) in [6, 6.07) is 10.3. The molecular weight excluding hydrogens is 409 g/mol. The summed E-state index contributed by atoms with van der Waals surface area (Å²) in [5, 5.41) is -0.648. The Morgan fingerprint density at radius 3 is 2.32 bits per heavy atom. The van der Waals surface area contributed by atoms with Crippen molar-refractivity contribution >= 4 is 55.8 Å². The molecule has 0 aliphatic heterocycles. The summed E-state index contributed by atoms with van der Waals surface area (Å²) in [7, 11) is -4.16. The van der Waals surface area contributed by atoms with Gasteiger partial charge in [-0.25, -0.2) is 8.42 Å². The van der Waals surface area contributed by atoms with Crippen LogP contribution in [0.2, 0.25) is 10.0 Å². The number of benzene rings is 2. The van der Waals surface area contributed by atoms with E-state index in [2.05, 4.69) is 0 Å². The Labute approximate surface area is 161 Å². The summed E-state index contributed by atoms with van der Waals surface area (Å²) in [5.41, 5.74) is 0.244. The third-order valence-corrected chi connectivity index (χ3v) is 5.77. The Bertz CT molecular complexity index is 869. The molecule has 134 valence electrons. The van der Waals surface area contributed by atoms with Crippen LogP contribution >= 0.6 is 34.8 Å². The minimum atomic E-state index is -4.16. The topological polar surface area (TPSA) is 63.7 Å². The van der Waals surface area contributed by atoms with Crippen molar-refractivity contribution in [1.82, 2.24) is 0 Å². The third-order valence-electron chi connectivity index (χ3n) is 3.16. The lowest BCUT2D eigenvalue weighted by Gasteiger charge is -2.23. The number of halogens is 3. The Balaban J connectivity index is 2.52. The zero-order valence-corrected chi connectivity index (χ0v) is 16.2. The van der Waals surface area contributed by atoms with Gasteiger partial charge in [-0.1, -0.05) is 23.2 Å². The van der Waals surface area contributed by atoms with E-state index in [-0.39, 0.29) is 20.6 Å². The molecule has 25 heavy (non-hydrogen) atoms. The molecule has 2 rings (SSSR count). The molecule has 0 saturated heterocycles. The normalized spacial score (nSPS) is 11.2. The molecule has 0 N–H and O–H groups in total. The molecule has 0 bridgehead atoms. The number of sulfonamides is 1. The zero-order chi connectivity index (χ0) is 18.6. The second kappa shape index (κ2) is 8.27. The van der Waals surface area contributed by atoms with Gasteiger partial charge in [0.25, 0.3) is 10.0 Å². The minimum Gasteiger partial charge on any atom is -0.494 e. The van der Waals surface area contributed by atoms with E-state index in [1.165, 1.54) is 30.3 Å². The van der Waals surface area contributed by atoms with Crippen LogP contribution in [0.4, 0.5) is 5.69 Å². The fourth-order valence-corrected chi connectivity index (χ4v) is 4.45. The molecule has 0 aliphatic rings. The monoisotopic (exact) mass is 421 g/mol. The number of hydrogen-bond acceptors (Lipinski definition) is 4. The maximum Gasteiger partial charge on any atom is 0.266 e. The molecule has 0 atom stereocenters. The second-order valence-electron chi connectivity index (χ2n) is 4.87. The first-order chi connectivity index (χ1) is 11.8. The Hall–Kier alpha value is -1.47. The molecule has 0 aromatic heterocycles. The molecule has 2 aromatic carbocycles. The summed E-state index contributed by atoms with van der Waals surface area (Å²) < 4.78 is 32.2. The van der Waals surface area contributed by atoms with Gasteiger partial charge >= 0.3 is 0 Å². The van der Waals surface area contributed by atoms with E-state index in [9.17, 15) is 13.2 Å². The van der Waals surface area contributed by atoms with Crippen molar-refractivity contribution in [1.29, 1.82) is 0 Å². The summed E-state index contributed by atoms with van der Waals surface area (Å²) in [4.78, 5) is 11.2. The fraction of sp³-hybridized carbons (Fsp3) is 0.188. The first kappa shape index (κ1) is 19.8. The number of hydrogen-bond donors (Lipinski definition) is 0. The Kier molecular flexibility index (Phi) is 6.57. The van der Waals surface area contributed by atoms with Crippen molar-refractivity contribution in [2.45, 2.75) is 11.8 Å². The maximum atomic E-state index is 13.0. The van der Waals surface area contributed by atoms with Crippen molar-refractivity contribution < 1.29 is 17.9 Å². The smallest absolute Gasteiger partial charge is 0.266 e. The van der Waals surface area contributed by atoms with Gasteiger partial charge in [-0.05, 0) is 61.0 Å². The van der Waals surface area contributed by atoms with Gasteiger partial charge in [0.2, 0.25) is 5.24 Å². The average molecular weight is 423 g/mol. The quantitative estimate of drug-likeness (QED) is 0.622. The summed E-state index contributed by atoms with van der Waals surface area (Å²) in [6.45, 7) is 1.75. The van der Waals surface area contributed by atoms with E-state index >= 15 is 0 Å². The lowest BCUT2D eigenvalue weighted by atomic mass is 10.3. The summed E-state index contributed by atoms with van der Waals surface area (Å²) >= 11 is 17.3. The molecule has 0 amide bonds. The van der Waals surface area contributed by atoms with Crippen molar-refractivity contribution in [2.75, 3.05) is 17.5 Å². The van der Waals surface area contributed by atoms with Crippen LogP contribution < -0.4 is 9.04 Å². The molecular formula is C16H14Cl3NO4S. The first-order valence-electron chi connectivity index (χ1n) is 7.14. The first-order valence-corrected chi connectivity index (χ1v) is 9.72. The largest absolute Gasteiger partial charge is 0.494 e. The van der Waals surface area contributed by atoms with Crippen LogP contribution in [0.1, 0.15) is 6.92 Å². The maximum absolute atomic E-state index is 13.0. The van der Waals surface area contributed by atoms with Gasteiger partial charge in [0.15, 0.2) is 0 Å². The summed E-state index contributed by atoms with van der Waals surface area (Å²) in [5.74, 6) is 0.571. The highest BCUT2D eigenvalue weighted by Gasteiger charge is 2.29. The molecule has 0 unspecified atom stereocenters. The molecule has 0 radical (unpaired) electrons. The van der Waals surface area contributed by atoms with Crippen molar-refractivity contribution in [3.8, 4) is 5.75 Å². The van der Waals surface area contributed by atoms with Gasteiger partial charge in [-0.2, -0.15) is 0 Å². The Morgan fingerprint density at radius 2 is 1.76 bits per heavy atom. The standard InChI is InChI=1S/C16H14Cl3NO4S/c1-2-24-13-6-4-12(5-7-13)20(10-16(19)21)25(22,23)15-9-11(17)3-8-14(15)18/h3-9H,2,10H2,1H3. The van der Waals surface area contributed by atoms with E-state index in [4.69, 9.17) is 39.5 Å². The van der Waals surface area contributed by atoms with E-state index in [0.717, 1.165) is 4.31 Å². The van der Waals surface area contributed by atoms with Crippen LogP contribution in [0.25, 0.3) is 0 Å². The molecule has 0 aliphatic carbocycles. The van der Waals surface area contributed by atoms with Gasteiger partial charge in [0.05, 0.1) is 17.3 Å². The van der Waals surface area contributed by atoms with Crippen LogP contribution in [0.3, 0.4) is 0 Å². The van der Waals surface area contributed by atoms with Gasteiger partial charge < -0.3 is 4.74 Å². The molecule has 0 fully saturated rings. The molecule has 0 saturated carbocycles. The highest BCUT2D eigenvalue weighted by Crippen LogP contribution is 2.31. The molecule has 2 aromatic rings. The second-order valence-corrected chi connectivity index (χ2v) is 7.96. The number of anilines is 1. The fourth-order valence-electron chi connectivity index (χ4n) is 2.10. The van der Waals surface area contributed by atoms with Gasteiger partial charge in [-0.15, -0.1) is 0 Å². The SMILES string of the molecule is CCOc1ccc(N(CC(=O)Cl)S(=O)(=O)c2cc(Cl)ccc2Cl)cc1. The van der Waals surface area contributed by atoms with Crippen molar-refractivity contribution in [3.63, 3.8) is 0 Å². The van der Waals surface area contributed by atoms with E-state index in [1.54, 1.807) is 12.1 Å². The molecule has 0 spiro atoms. The number of carbonyl (C=O) groups is 1. The highest BCUT2D eigenvalue weighted by molar-refractivity contribution is 7.93. The van der Waals surface area contributed by atoms with Crippen LogP contribution in [0.5, 0.6) is 5.75 Å². The zero-order valence-electron chi connectivity index (χ0n) is 13.1. The molecule has 9 heteroatoms. The van der Waals surface area contributed by atoms with Crippen LogP contribution in [0, 0.1) is 0 Å².